The number of halogens is 3. The Hall–Kier alpha value is -3.27. The minimum atomic E-state index is -0.692. The Kier molecular flexibility index (Phi) is 6.62. The van der Waals surface area contributed by atoms with Crippen molar-refractivity contribution in [3.63, 3.8) is 0 Å². The minimum absolute atomic E-state index is 0.0103. The molecule has 10 heteroatoms. The fourth-order valence-corrected chi connectivity index (χ4v) is 7.70. The highest BCUT2D eigenvalue weighted by Crippen LogP contribution is 2.47. The molecular formula is C33H34ClF2N5O2. The average molecular weight is 606 g/mol. The van der Waals surface area contributed by atoms with Crippen molar-refractivity contribution in [1.82, 2.24) is 20.2 Å². The van der Waals surface area contributed by atoms with Crippen molar-refractivity contribution in [2.45, 2.75) is 50.6 Å². The minimum Gasteiger partial charge on any atom is -0.508 e. The number of hydrogen-bond acceptors (Lipinski definition) is 7. The topological polar surface area (TPSA) is 73.8 Å². The third-order valence-corrected chi connectivity index (χ3v) is 10.1. The van der Waals surface area contributed by atoms with Gasteiger partial charge in [-0.05, 0) is 81.3 Å². The highest BCUT2D eigenvalue weighted by Gasteiger charge is 2.45. The van der Waals surface area contributed by atoms with Crippen molar-refractivity contribution in [3.05, 3.63) is 53.1 Å². The van der Waals surface area contributed by atoms with E-state index < -0.39 is 11.6 Å². The van der Waals surface area contributed by atoms with Gasteiger partial charge in [0.15, 0.2) is 5.82 Å². The van der Waals surface area contributed by atoms with E-state index in [1.54, 1.807) is 18.2 Å². The van der Waals surface area contributed by atoms with E-state index in [0.717, 1.165) is 58.4 Å². The van der Waals surface area contributed by atoms with Gasteiger partial charge >= 0.3 is 6.01 Å². The van der Waals surface area contributed by atoms with Crippen molar-refractivity contribution >= 4 is 39.1 Å². The molecule has 2 unspecified atom stereocenters. The second-order valence-electron chi connectivity index (χ2n) is 12.9. The van der Waals surface area contributed by atoms with E-state index in [0.29, 0.717) is 35.3 Å². The van der Waals surface area contributed by atoms with Crippen LogP contribution in [0.4, 0.5) is 14.6 Å². The lowest BCUT2D eigenvalue weighted by molar-refractivity contribution is 0.170. The average Bonchev–Trinajstić information content (AvgIpc) is 3.38. The number of anilines is 1. The van der Waals surface area contributed by atoms with Gasteiger partial charge in [0.1, 0.15) is 22.9 Å². The number of nitrogens with zero attached hydrogens (tertiary/aromatic N) is 4. The van der Waals surface area contributed by atoms with Gasteiger partial charge in [-0.15, -0.1) is 0 Å². The maximum atomic E-state index is 16.8. The van der Waals surface area contributed by atoms with Crippen molar-refractivity contribution in [3.8, 4) is 22.9 Å². The number of aromatic nitrogens is 2. The first kappa shape index (κ1) is 27.3. The molecule has 2 atom stereocenters. The molecule has 1 saturated carbocycles. The summed E-state index contributed by atoms with van der Waals surface area (Å²) in [7, 11) is 0. The van der Waals surface area contributed by atoms with E-state index in [1.165, 1.54) is 31.0 Å². The Bertz CT molecular complexity index is 1730. The molecule has 7 nitrogen and oxygen atoms in total. The standard InChI is InChI=1S/C33H34ClF2N5O2/c34-25-14-24-30(29(36)28(25)23-13-22(42)12-19-4-3-5-26(35)27(19)23)38-32(39-31(24)41-15-20-6-7-21(16-41)37-20)43-18-33(8-9-33)17-40-10-1-2-11-40/h3-5,12-14,20-21,37,42H,1-2,6-11,15-18H2. The Morgan fingerprint density at radius 2 is 1.81 bits per heavy atom. The lowest BCUT2D eigenvalue weighted by Gasteiger charge is -2.34. The molecule has 4 heterocycles. The molecule has 43 heavy (non-hydrogen) atoms. The summed E-state index contributed by atoms with van der Waals surface area (Å²) < 4.78 is 38.2. The number of rotatable bonds is 7. The summed E-state index contributed by atoms with van der Waals surface area (Å²) in [4.78, 5) is 14.2. The number of likely N-dealkylation sites (tertiary alicyclic amines) is 1. The van der Waals surface area contributed by atoms with Crippen LogP contribution in [0.25, 0.3) is 32.8 Å². The largest absolute Gasteiger partial charge is 0.508 e. The number of phenolic OH excluding ortho intramolecular Hbond substituents is 1. The Morgan fingerprint density at radius 3 is 2.56 bits per heavy atom. The molecule has 0 amide bonds. The molecule has 4 aliphatic rings. The summed E-state index contributed by atoms with van der Waals surface area (Å²) >= 11 is 6.81. The van der Waals surface area contributed by atoms with E-state index in [-0.39, 0.29) is 44.2 Å². The quantitative estimate of drug-likeness (QED) is 0.257. The summed E-state index contributed by atoms with van der Waals surface area (Å²) in [6.07, 6.45) is 6.83. The number of nitrogens with one attached hydrogen (secondary N) is 1. The maximum Gasteiger partial charge on any atom is 0.319 e. The van der Waals surface area contributed by atoms with Crippen LogP contribution in [0.3, 0.4) is 0 Å². The van der Waals surface area contributed by atoms with Crippen LogP contribution in [0.5, 0.6) is 11.8 Å². The van der Waals surface area contributed by atoms with Gasteiger partial charge in [-0.1, -0.05) is 23.7 Å². The predicted octanol–water partition coefficient (Wildman–Crippen LogP) is 6.28. The predicted molar refractivity (Wildman–Crippen MR) is 164 cm³/mol. The van der Waals surface area contributed by atoms with Gasteiger partial charge in [0.05, 0.1) is 11.6 Å². The molecule has 3 aromatic carbocycles. The van der Waals surface area contributed by atoms with Crippen LogP contribution >= 0.6 is 11.6 Å². The van der Waals surface area contributed by atoms with E-state index >= 15 is 8.78 Å². The van der Waals surface area contributed by atoms with E-state index in [9.17, 15) is 5.11 Å². The van der Waals surface area contributed by atoms with E-state index in [1.807, 2.05) is 0 Å². The zero-order chi connectivity index (χ0) is 29.3. The van der Waals surface area contributed by atoms with Crippen LogP contribution in [0.2, 0.25) is 5.02 Å². The molecular weight excluding hydrogens is 572 g/mol. The van der Waals surface area contributed by atoms with Crippen LogP contribution in [0.15, 0.2) is 36.4 Å². The number of ether oxygens (including phenoxy) is 1. The van der Waals surface area contributed by atoms with Crippen LogP contribution in [0, 0.1) is 17.0 Å². The molecule has 3 aliphatic heterocycles. The first-order valence-corrected chi connectivity index (χ1v) is 15.7. The summed E-state index contributed by atoms with van der Waals surface area (Å²) in [6.45, 7) is 5.21. The molecule has 1 aromatic heterocycles. The lowest BCUT2D eigenvalue weighted by atomic mass is 9.95. The second-order valence-corrected chi connectivity index (χ2v) is 13.3. The summed E-state index contributed by atoms with van der Waals surface area (Å²) in [5, 5.41) is 15.3. The number of fused-ring (bicyclic) bond motifs is 4. The Morgan fingerprint density at radius 1 is 1.05 bits per heavy atom. The molecule has 4 fully saturated rings. The highest BCUT2D eigenvalue weighted by molar-refractivity contribution is 6.35. The van der Waals surface area contributed by atoms with Crippen LogP contribution < -0.4 is 15.0 Å². The van der Waals surface area contributed by atoms with Crippen molar-refractivity contribution in [2.24, 2.45) is 5.41 Å². The number of phenols is 1. The fourth-order valence-electron chi connectivity index (χ4n) is 7.40. The van der Waals surface area contributed by atoms with Gasteiger partial charge in [-0.25, -0.2) is 8.78 Å². The lowest BCUT2D eigenvalue weighted by Crippen LogP contribution is -2.51. The molecule has 8 rings (SSSR count). The smallest absolute Gasteiger partial charge is 0.319 e. The molecule has 224 valence electrons. The van der Waals surface area contributed by atoms with Gasteiger partial charge in [-0.2, -0.15) is 9.97 Å². The summed E-state index contributed by atoms with van der Waals surface area (Å²) in [5.74, 6) is -0.732. The normalized spacial score (nSPS) is 23.0. The van der Waals surface area contributed by atoms with Gasteiger partial charge < -0.3 is 25.0 Å². The monoisotopic (exact) mass is 605 g/mol. The van der Waals surface area contributed by atoms with Crippen LogP contribution in [0.1, 0.15) is 38.5 Å². The molecule has 3 saturated heterocycles. The van der Waals surface area contributed by atoms with Crippen LogP contribution in [-0.2, 0) is 0 Å². The molecule has 2 N–H and O–H groups in total. The Labute approximate surface area is 253 Å². The number of aromatic hydroxyl groups is 1. The van der Waals surface area contributed by atoms with Crippen molar-refractivity contribution in [1.29, 1.82) is 0 Å². The fraction of sp³-hybridized carbons (Fsp3) is 0.455. The first-order valence-electron chi connectivity index (χ1n) is 15.3. The molecule has 4 aromatic rings. The van der Waals surface area contributed by atoms with Gasteiger partial charge in [0.2, 0.25) is 0 Å². The van der Waals surface area contributed by atoms with Gasteiger partial charge in [-0.3, -0.25) is 0 Å². The second kappa shape index (κ2) is 10.4. The Balaban J connectivity index is 1.24. The summed E-state index contributed by atoms with van der Waals surface area (Å²) in [6, 6.07) is 9.84. The van der Waals surface area contributed by atoms with Gasteiger partial charge in [0, 0.05) is 59.0 Å². The third-order valence-electron chi connectivity index (χ3n) is 9.76. The first-order chi connectivity index (χ1) is 20.9. The zero-order valence-corrected chi connectivity index (χ0v) is 24.6. The van der Waals surface area contributed by atoms with E-state index in [2.05, 4.69) is 20.1 Å². The molecule has 1 aliphatic carbocycles. The SMILES string of the molecule is Oc1cc(-c2c(Cl)cc3c(N4CC5CCC(C4)N5)nc(OCC4(CN5CCCC5)CC4)nc3c2F)c2c(F)cccc2c1. The number of hydrogen-bond donors (Lipinski definition) is 2. The van der Waals surface area contributed by atoms with E-state index in [4.69, 9.17) is 21.3 Å². The molecule has 2 bridgehead atoms. The van der Waals surface area contributed by atoms with Crippen molar-refractivity contribution in [2.75, 3.05) is 44.2 Å². The molecule has 0 spiro atoms. The number of benzene rings is 3. The van der Waals surface area contributed by atoms with Crippen molar-refractivity contribution < 1.29 is 18.6 Å². The van der Waals surface area contributed by atoms with Gasteiger partial charge in [0.25, 0.3) is 0 Å². The maximum absolute atomic E-state index is 16.8. The highest BCUT2D eigenvalue weighted by atomic mass is 35.5. The molecule has 0 radical (unpaired) electrons. The number of piperazine rings is 1. The van der Waals surface area contributed by atoms with Crippen LogP contribution in [-0.4, -0.2) is 71.4 Å². The summed E-state index contributed by atoms with van der Waals surface area (Å²) in [5.41, 5.74) is 0.313. The zero-order valence-electron chi connectivity index (χ0n) is 23.9. The third kappa shape index (κ3) is 4.95.